The SMILES string of the molecule is CCOC(=O)c1sc(CC(=O)/C(C#N)=C/c2ccc(-c3cccc(Cl)c3)o2)c(C#N)c1C. The standard InChI is InChI=1S/C24H17ClN2O4S/c1-3-30-24(29)23-14(2)19(13-27)22(32-23)11-20(28)16(12-26)10-18-7-8-21(31-18)15-5-4-6-17(25)9-15/h4-10H,3,11H2,1-2H3/b16-10+. The Bertz CT molecular complexity index is 1300. The van der Waals surface area contributed by atoms with Gasteiger partial charge >= 0.3 is 5.97 Å². The molecule has 0 saturated heterocycles. The second kappa shape index (κ2) is 10.1. The molecule has 0 saturated carbocycles. The van der Waals surface area contributed by atoms with Gasteiger partial charge in [-0.05, 0) is 43.7 Å². The molecule has 1 aromatic carbocycles. The van der Waals surface area contributed by atoms with Crippen molar-refractivity contribution in [2.75, 3.05) is 6.61 Å². The number of rotatable bonds is 7. The van der Waals surface area contributed by atoms with Crippen LogP contribution in [0, 0.1) is 29.6 Å². The van der Waals surface area contributed by atoms with Gasteiger partial charge in [0.05, 0.1) is 17.7 Å². The number of hydrogen-bond acceptors (Lipinski definition) is 7. The summed E-state index contributed by atoms with van der Waals surface area (Å²) in [6, 6.07) is 14.4. The van der Waals surface area contributed by atoms with Gasteiger partial charge < -0.3 is 9.15 Å². The molecule has 6 nitrogen and oxygen atoms in total. The first-order valence-electron chi connectivity index (χ1n) is 9.58. The van der Waals surface area contributed by atoms with E-state index in [0.717, 1.165) is 16.9 Å². The Morgan fingerprint density at radius 1 is 1.25 bits per heavy atom. The van der Waals surface area contributed by atoms with E-state index in [9.17, 15) is 20.1 Å². The van der Waals surface area contributed by atoms with Crippen LogP contribution in [0.15, 0.2) is 46.4 Å². The van der Waals surface area contributed by atoms with E-state index in [1.807, 2.05) is 18.2 Å². The monoisotopic (exact) mass is 464 g/mol. The summed E-state index contributed by atoms with van der Waals surface area (Å²) < 4.78 is 10.7. The van der Waals surface area contributed by atoms with Crippen LogP contribution in [0.3, 0.4) is 0 Å². The van der Waals surface area contributed by atoms with Crippen LogP contribution >= 0.6 is 22.9 Å². The fourth-order valence-corrected chi connectivity index (χ4v) is 4.36. The van der Waals surface area contributed by atoms with E-state index in [1.54, 1.807) is 44.2 Å². The van der Waals surface area contributed by atoms with Crippen LogP contribution in [-0.2, 0) is 16.0 Å². The Balaban J connectivity index is 1.85. The van der Waals surface area contributed by atoms with E-state index in [4.69, 9.17) is 20.8 Å². The molecule has 3 aromatic rings. The van der Waals surface area contributed by atoms with Gasteiger partial charge in [-0.3, -0.25) is 4.79 Å². The fourth-order valence-electron chi connectivity index (χ4n) is 3.02. The third kappa shape index (κ3) is 4.97. The summed E-state index contributed by atoms with van der Waals surface area (Å²) >= 11 is 7.04. The molecule has 0 fully saturated rings. The van der Waals surface area contributed by atoms with Crippen molar-refractivity contribution in [3.8, 4) is 23.5 Å². The lowest BCUT2D eigenvalue weighted by Crippen LogP contribution is -2.05. The molecule has 2 aromatic heterocycles. The lowest BCUT2D eigenvalue weighted by Gasteiger charge is -1.99. The van der Waals surface area contributed by atoms with Crippen LogP contribution in [0.5, 0.6) is 0 Å². The number of carbonyl (C=O) groups excluding carboxylic acids is 2. The van der Waals surface area contributed by atoms with Gasteiger partial charge in [-0.1, -0.05) is 23.7 Å². The molecule has 160 valence electrons. The molecule has 2 heterocycles. The normalized spacial score (nSPS) is 11.0. The third-order valence-electron chi connectivity index (χ3n) is 4.56. The van der Waals surface area contributed by atoms with E-state index in [-0.39, 0.29) is 29.0 Å². The summed E-state index contributed by atoms with van der Waals surface area (Å²) in [5.41, 5.74) is 1.37. The highest BCUT2D eigenvalue weighted by Crippen LogP contribution is 2.30. The number of furan rings is 1. The Morgan fingerprint density at radius 3 is 2.69 bits per heavy atom. The molecular weight excluding hydrogens is 448 g/mol. The molecule has 0 amide bonds. The number of ether oxygens (including phenoxy) is 1. The van der Waals surface area contributed by atoms with Gasteiger partial charge in [-0.2, -0.15) is 10.5 Å². The van der Waals surface area contributed by atoms with Gasteiger partial charge in [-0.15, -0.1) is 11.3 Å². The zero-order valence-corrected chi connectivity index (χ0v) is 18.8. The largest absolute Gasteiger partial charge is 0.462 e. The lowest BCUT2D eigenvalue weighted by atomic mass is 10.0. The second-order valence-corrected chi connectivity index (χ2v) is 8.21. The molecule has 0 unspecified atom stereocenters. The van der Waals surface area contributed by atoms with Crippen LogP contribution in [0.25, 0.3) is 17.4 Å². The van der Waals surface area contributed by atoms with Crippen molar-refractivity contribution in [2.24, 2.45) is 0 Å². The first-order valence-corrected chi connectivity index (χ1v) is 10.8. The van der Waals surface area contributed by atoms with Crippen molar-refractivity contribution in [1.82, 2.24) is 0 Å². The molecule has 0 radical (unpaired) electrons. The summed E-state index contributed by atoms with van der Waals surface area (Å²) in [6.45, 7) is 3.53. The van der Waals surface area contributed by atoms with Crippen molar-refractivity contribution in [1.29, 1.82) is 10.5 Å². The predicted molar refractivity (Wildman–Crippen MR) is 121 cm³/mol. The van der Waals surface area contributed by atoms with Crippen molar-refractivity contribution >= 4 is 40.8 Å². The smallest absolute Gasteiger partial charge is 0.348 e. The van der Waals surface area contributed by atoms with Crippen molar-refractivity contribution in [2.45, 2.75) is 20.3 Å². The zero-order valence-electron chi connectivity index (χ0n) is 17.3. The number of nitrogens with zero attached hydrogens (tertiary/aromatic N) is 2. The summed E-state index contributed by atoms with van der Waals surface area (Å²) in [6.07, 6.45) is 1.17. The number of hydrogen-bond donors (Lipinski definition) is 0. The maximum atomic E-state index is 12.8. The maximum Gasteiger partial charge on any atom is 0.348 e. The average molecular weight is 465 g/mol. The molecule has 0 aliphatic rings. The summed E-state index contributed by atoms with van der Waals surface area (Å²) in [5.74, 6) is -0.144. The van der Waals surface area contributed by atoms with E-state index >= 15 is 0 Å². The highest BCUT2D eigenvalue weighted by molar-refractivity contribution is 7.14. The van der Waals surface area contributed by atoms with Gasteiger partial charge in [0.2, 0.25) is 0 Å². The summed E-state index contributed by atoms with van der Waals surface area (Å²) in [4.78, 5) is 25.6. The highest BCUT2D eigenvalue weighted by atomic mass is 35.5. The van der Waals surface area contributed by atoms with Gasteiger partial charge in [0.15, 0.2) is 5.78 Å². The Kier molecular flexibility index (Phi) is 7.27. The van der Waals surface area contributed by atoms with Crippen LogP contribution in [0.1, 0.15) is 38.4 Å². The van der Waals surface area contributed by atoms with Gasteiger partial charge in [0.25, 0.3) is 0 Å². The highest BCUT2D eigenvalue weighted by Gasteiger charge is 2.23. The first-order chi connectivity index (χ1) is 15.4. The van der Waals surface area contributed by atoms with E-state index in [0.29, 0.717) is 27.0 Å². The van der Waals surface area contributed by atoms with Crippen LogP contribution in [0.2, 0.25) is 5.02 Å². The average Bonchev–Trinajstić information content (AvgIpc) is 3.36. The Labute approximate surface area is 193 Å². The second-order valence-electron chi connectivity index (χ2n) is 6.67. The van der Waals surface area contributed by atoms with E-state index < -0.39 is 11.8 Å². The van der Waals surface area contributed by atoms with Gasteiger partial charge in [0, 0.05) is 28.0 Å². The quantitative estimate of drug-likeness (QED) is 0.251. The number of benzene rings is 1. The number of esters is 1. The van der Waals surface area contributed by atoms with Crippen molar-refractivity contribution in [3.63, 3.8) is 0 Å². The molecule has 0 bridgehead atoms. The van der Waals surface area contributed by atoms with Crippen molar-refractivity contribution < 1.29 is 18.7 Å². The fraction of sp³-hybridized carbons (Fsp3) is 0.167. The molecule has 0 spiro atoms. The summed E-state index contributed by atoms with van der Waals surface area (Å²) in [7, 11) is 0. The minimum atomic E-state index is -0.537. The number of ketones is 1. The third-order valence-corrected chi connectivity index (χ3v) is 6.06. The minimum absolute atomic E-state index is 0.121. The number of Topliss-reactive ketones (excluding diaryl/α,β-unsaturated/α-hetero) is 1. The van der Waals surface area contributed by atoms with Crippen LogP contribution < -0.4 is 0 Å². The topological polar surface area (TPSA) is 104 Å². The zero-order chi connectivity index (χ0) is 23.3. The van der Waals surface area contributed by atoms with E-state index in [1.165, 1.54) is 6.08 Å². The van der Waals surface area contributed by atoms with Crippen LogP contribution in [0.4, 0.5) is 0 Å². The Hall–Kier alpha value is -3.65. The predicted octanol–water partition coefficient (Wildman–Crippen LogP) is 5.74. The summed E-state index contributed by atoms with van der Waals surface area (Å²) in [5, 5.41) is 19.6. The number of halogens is 1. The minimum Gasteiger partial charge on any atom is -0.462 e. The molecular formula is C24H17ClN2O4S. The lowest BCUT2D eigenvalue weighted by molar-refractivity contribution is -0.114. The number of allylic oxidation sites excluding steroid dienone is 1. The molecule has 0 atom stereocenters. The molecule has 0 aliphatic heterocycles. The van der Waals surface area contributed by atoms with E-state index in [2.05, 4.69) is 0 Å². The molecule has 0 N–H and O–H groups in total. The molecule has 8 heteroatoms. The van der Waals surface area contributed by atoms with Crippen molar-refractivity contribution in [3.05, 3.63) is 73.6 Å². The van der Waals surface area contributed by atoms with Gasteiger partial charge in [0.1, 0.15) is 28.5 Å². The molecule has 32 heavy (non-hydrogen) atoms. The molecule has 3 rings (SSSR count). The number of carbonyl (C=O) groups is 2. The number of nitriles is 2. The van der Waals surface area contributed by atoms with Gasteiger partial charge in [-0.25, -0.2) is 4.79 Å². The van der Waals surface area contributed by atoms with Crippen LogP contribution in [-0.4, -0.2) is 18.4 Å². The Morgan fingerprint density at radius 2 is 2.03 bits per heavy atom. The molecule has 0 aliphatic carbocycles. The number of thiophene rings is 1. The first kappa shape index (κ1) is 23.0. The maximum absolute atomic E-state index is 12.8.